The molecule has 0 aliphatic carbocycles. The van der Waals surface area contributed by atoms with Gasteiger partial charge in [0.2, 0.25) is 0 Å². The van der Waals surface area contributed by atoms with Gasteiger partial charge < -0.3 is 10.1 Å². The van der Waals surface area contributed by atoms with Gasteiger partial charge in [0.1, 0.15) is 29.2 Å². The summed E-state index contributed by atoms with van der Waals surface area (Å²) in [6.07, 6.45) is 2.43. The fourth-order valence-electron chi connectivity index (χ4n) is 2.50. The van der Waals surface area contributed by atoms with E-state index in [1.54, 1.807) is 10.6 Å². The highest BCUT2D eigenvalue weighted by molar-refractivity contribution is 6.29. The molecule has 0 bridgehead atoms. The van der Waals surface area contributed by atoms with Crippen molar-refractivity contribution in [3.05, 3.63) is 47.4 Å². The lowest BCUT2D eigenvalue weighted by Crippen LogP contribution is -2.25. The first-order chi connectivity index (χ1) is 10.3. The summed E-state index contributed by atoms with van der Waals surface area (Å²) in [4.78, 5) is 8.13. The molecule has 0 saturated heterocycles. The largest absolute Gasteiger partial charge is 0.488 e. The highest BCUT2D eigenvalue weighted by atomic mass is 35.5. The monoisotopic (exact) mass is 301 g/mol. The molecule has 1 aliphatic rings. The highest BCUT2D eigenvalue weighted by Crippen LogP contribution is 2.28. The van der Waals surface area contributed by atoms with Crippen molar-refractivity contribution in [1.82, 2.24) is 19.6 Å². The van der Waals surface area contributed by atoms with Crippen LogP contribution in [0.5, 0.6) is 5.75 Å². The summed E-state index contributed by atoms with van der Waals surface area (Å²) >= 11 is 5.99. The number of nitrogens with zero attached hydrogens (tertiary/aromatic N) is 4. The van der Waals surface area contributed by atoms with E-state index < -0.39 is 0 Å². The van der Waals surface area contributed by atoms with Gasteiger partial charge in [-0.05, 0) is 11.6 Å². The Balaban J connectivity index is 1.51. The number of anilines is 1. The van der Waals surface area contributed by atoms with Crippen molar-refractivity contribution < 1.29 is 4.74 Å². The maximum atomic E-state index is 5.99. The van der Waals surface area contributed by atoms with Crippen LogP contribution in [0.2, 0.25) is 5.15 Å². The molecule has 3 aromatic rings. The zero-order valence-corrected chi connectivity index (χ0v) is 11.8. The number of ether oxygens (including phenoxy) is 1. The molecule has 0 spiro atoms. The van der Waals surface area contributed by atoms with Gasteiger partial charge in [-0.2, -0.15) is 19.6 Å². The molecular formula is C14H12ClN5O. The number of hydrogen-bond donors (Lipinski definition) is 1. The molecule has 106 valence electrons. The minimum atomic E-state index is 0.0907. The minimum Gasteiger partial charge on any atom is -0.488 e. The molecule has 1 atom stereocenters. The third-order valence-corrected chi connectivity index (χ3v) is 3.64. The number of aromatic nitrogens is 4. The topological polar surface area (TPSA) is 64.3 Å². The van der Waals surface area contributed by atoms with E-state index in [-0.39, 0.29) is 6.10 Å². The maximum Gasteiger partial charge on any atom is 0.255 e. The van der Waals surface area contributed by atoms with Gasteiger partial charge in [0.05, 0.1) is 6.54 Å². The van der Waals surface area contributed by atoms with Crippen LogP contribution in [-0.2, 0) is 6.42 Å². The van der Waals surface area contributed by atoms with Crippen molar-refractivity contribution in [3.63, 3.8) is 0 Å². The zero-order chi connectivity index (χ0) is 14.2. The van der Waals surface area contributed by atoms with Gasteiger partial charge in [-0.3, -0.25) is 0 Å². The van der Waals surface area contributed by atoms with Crippen molar-refractivity contribution in [3.8, 4) is 5.75 Å². The number of para-hydroxylation sites is 1. The number of rotatable bonds is 3. The van der Waals surface area contributed by atoms with Gasteiger partial charge in [0.15, 0.2) is 0 Å². The summed E-state index contributed by atoms with van der Waals surface area (Å²) in [5.74, 6) is 2.19. The number of benzene rings is 1. The molecule has 4 rings (SSSR count). The Hall–Kier alpha value is -2.34. The molecule has 0 saturated carbocycles. The SMILES string of the molecule is Clc1cc(NCC2Cc3ccccc3O2)n2ncnc2n1. The third-order valence-electron chi connectivity index (χ3n) is 3.45. The first-order valence-electron chi connectivity index (χ1n) is 6.64. The second kappa shape index (κ2) is 4.89. The fraction of sp³-hybridized carbons (Fsp3) is 0.214. The van der Waals surface area contributed by atoms with Crippen LogP contribution in [0.15, 0.2) is 36.7 Å². The molecule has 1 aromatic carbocycles. The Morgan fingerprint density at radius 3 is 3.19 bits per heavy atom. The van der Waals surface area contributed by atoms with Crippen LogP contribution in [0.4, 0.5) is 5.82 Å². The number of hydrogen-bond acceptors (Lipinski definition) is 5. The molecule has 21 heavy (non-hydrogen) atoms. The van der Waals surface area contributed by atoms with Gasteiger partial charge >= 0.3 is 0 Å². The van der Waals surface area contributed by atoms with Crippen LogP contribution in [0.3, 0.4) is 0 Å². The van der Waals surface area contributed by atoms with Gasteiger partial charge in [0.25, 0.3) is 5.78 Å². The lowest BCUT2D eigenvalue weighted by Gasteiger charge is -2.13. The average molecular weight is 302 g/mol. The van der Waals surface area contributed by atoms with Crippen LogP contribution >= 0.6 is 11.6 Å². The van der Waals surface area contributed by atoms with Crippen LogP contribution in [0, 0.1) is 0 Å². The minimum absolute atomic E-state index is 0.0907. The summed E-state index contributed by atoms with van der Waals surface area (Å²) in [6, 6.07) is 9.82. The normalized spacial score (nSPS) is 16.7. The Labute approximate surface area is 125 Å². The van der Waals surface area contributed by atoms with E-state index >= 15 is 0 Å². The average Bonchev–Trinajstić information content (AvgIpc) is 3.10. The van der Waals surface area contributed by atoms with Crippen molar-refractivity contribution in [2.75, 3.05) is 11.9 Å². The van der Waals surface area contributed by atoms with Crippen molar-refractivity contribution in [1.29, 1.82) is 0 Å². The Morgan fingerprint density at radius 2 is 2.29 bits per heavy atom. The predicted molar refractivity (Wildman–Crippen MR) is 78.8 cm³/mol. The number of halogens is 1. The quantitative estimate of drug-likeness (QED) is 0.751. The lowest BCUT2D eigenvalue weighted by molar-refractivity contribution is 0.246. The Bertz CT molecular complexity index is 778. The van der Waals surface area contributed by atoms with E-state index in [1.165, 1.54) is 11.9 Å². The molecule has 0 amide bonds. The van der Waals surface area contributed by atoms with Crippen molar-refractivity contribution in [2.24, 2.45) is 0 Å². The molecule has 1 unspecified atom stereocenters. The maximum absolute atomic E-state index is 5.99. The zero-order valence-electron chi connectivity index (χ0n) is 11.0. The van der Waals surface area contributed by atoms with Crippen LogP contribution in [-0.4, -0.2) is 32.2 Å². The first kappa shape index (κ1) is 12.4. The molecule has 6 nitrogen and oxygen atoms in total. The summed E-state index contributed by atoms with van der Waals surface area (Å²) in [7, 11) is 0. The molecule has 2 aromatic heterocycles. The molecular weight excluding hydrogens is 290 g/mol. The molecule has 0 fully saturated rings. The fourth-order valence-corrected chi connectivity index (χ4v) is 2.67. The van der Waals surface area contributed by atoms with E-state index in [2.05, 4.69) is 26.4 Å². The molecule has 1 aliphatic heterocycles. The van der Waals surface area contributed by atoms with Crippen LogP contribution < -0.4 is 10.1 Å². The summed E-state index contributed by atoms with van der Waals surface area (Å²) in [5.41, 5.74) is 1.24. The van der Waals surface area contributed by atoms with Gasteiger partial charge in [-0.15, -0.1) is 0 Å². The van der Waals surface area contributed by atoms with E-state index in [0.29, 0.717) is 17.5 Å². The molecule has 3 heterocycles. The van der Waals surface area contributed by atoms with Gasteiger partial charge in [-0.1, -0.05) is 29.8 Å². The summed E-state index contributed by atoms with van der Waals surface area (Å²) in [6.45, 7) is 0.657. The molecule has 7 heteroatoms. The van der Waals surface area contributed by atoms with E-state index in [0.717, 1.165) is 18.0 Å². The van der Waals surface area contributed by atoms with Crippen LogP contribution in [0.1, 0.15) is 5.56 Å². The lowest BCUT2D eigenvalue weighted by atomic mass is 10.1. The molecule has 1 N–H and O–H groups in total. The summed E-state index contributed by atoms with van der Waals surface area (Å²) < 4.78 is 7.52. The van der Waals surface area contributed by atoms with E-state index in [4.69, 9.17) is 16.3 Å². The highest BCUT2D eigenvalue weighted by Gasteiger charge is 2.22. The number of fused-ring (bicyclic) bond motifs is 2. The second-order valence-electron chi connectivity index (χ2n) is 4.87. The second-order valence-corrected chi connectivity index (χ2v) is 5.26. The van der Waals surface area contributed by atoms with Gasteiger partial charge in [-0.25, -0.2) is 0 Å². The van der Waals surface area contributed by atoms with Crippen molar-refractivity contribution in [2.45, 2.75) is 12.5 Å². The Morgan fingerprint density at radius 1 is 1.38 bits per heavy atom. The van der Waals surface area contributed by atoms with Crippen molar-refractivity contribution >= 4 is 23.2 Å². The molecule has 0 radical (unpaired) electrons. The third kappa shape index (κ3) is 2.27. The predicted octanol–water partition coefficient (Wildman–Crippen LogP) is 2.19. The van der Waals surface area contributed by atoms with Crippen LogP contribution in [0.25, 0.3) is 5.78 Å². The summed E-state index contributed by atoms with van der Waals surface area (Å²) in [5, 5.41) is 7.81. The number of nitrogens with one attached hydrogen (secondary N) is 1. The standard InChI is InChI=1S/C14H12ClN5O/c15-12-6-13(20-14(19-12)17-8-18-20)16-7-10-5-9-3-1-2-4-11(9)21-10/h1-4,6,8,10,16H,5,7H2. The Kier molecular flexibility index (Phi) is 2.89. The van der Waals surface area contributed by atoms with E-state index in [1.807, 2.05) is 18.2 Å². The van der Waals surface area contributed by atoms with Gasteiger partial charge in [0, 0.05) is 12.5 Å². The smallest absolute Gasteiger partial charge is 0.255 e. The first-order valence-corrected chi connectivity index (χ1v) is 7.02. The van der Waals surface area contributed by atoms with E-state index in [9.17, 15) is 0 Å².